The quantitative estimate of drug-likeness (QED) is 0.793. The first-order valence-corrected chi connectivity index (χ1v) is 7.24. The Balaban J connectivity index is 1.65. The number of halogens is 1. The van der Waals surface area contributed by atoms with Crippen molar-refractivity contribution >= 4 is 29.0 Å². The molecule has 21 heavy (non-hydrogen) atoms. The highest BCUT2D eigenvalue weighted by molar-refractivity contribution is 6.30. The van der Waals surface area contributed by atoms with Crippen molar-refractivity contribution in [3.05, 3.63) is 58.6 Å². The van der Waals surface area contributed by atoms with Gasteiger partial charge in [-0.2, -0.15) is 0 Å². The lowest BCUT2D eigenvalue weighted by molar-refractivity contribution is 0.262. The SMILES string of the molecule is O=C(Nc1ccc(Cl)cc1)Nc1ccc2c(c1)CNCC2. The van der Waals surface area contributed by atoms with E-state index in [1.807, 2.05) is 12.1 Å². The molecule has 0 aromatic heterocycles. The first-order valence-electron chi connectivity index (χ1n) is 6.87. The molecule has 1 heterocycles. The van der Waals surface area contributed by atoms with Gasteiger partial charge in [0.1, 0.15) is 0 Å². The number of hydrogen-bond acceptors (Lipinski definition) is 2. The second-order valence-corrected chi connectivity index (χ2v) is 5.43. The number of anilines is 2. The zero-order valence-corrected chi connectivity index (χ0v) is 12.2. The Morgan fingerprint density at radius 2 is 1.71 bits per heavy atom. The van der Waals surface area contributed by atoms with E-state index in [4.69, 9.17) is 11.6 Å². The number of hydrogen-bond donors (Lipinski definition) is 3. The van der Waals surface area contributed by atoms with Crippen molar-refractivity contribution in [2.75, 3.05) is 17.2 Å². The fourth-order valence-electron chi connectivity index (χ4n) is 2.38. The highest BCUT2D eigenvalue weighted by Gasteiger charge is 2.10. The van der Waals surface area contributed by atoms with Crippen LogP contribution >= 0.6 is 11.6 Å². The number of rotatable bonds is 2. The molecule has 2 amide bonds. The third-order valence-electron chi connectivity index (χ3n) is 3.45. The number of nitrogens with one attached hydrogen (secondary N) is 3. The van der Waals surface area contributed by atoms with Crippen LogP contribution in [0.4, 0.5) is 16.2 Å². The largest absolute Gasteiger partial charge is 0.323 e. The summed E-state index contributed by atoms with van der Waals surface area (Å²) in [6, 6.07) is 12.8. The Morgan fingerprint density at radius 1 is 1.00 bits per heavy atom. The van der Waals surface area contributed by atoms with E-state index in [1.54, 1.807) is 24.3 Å². The van der Waals surface area contributed by atoms with Crippen LogP contribution in [0.2, 0.25) is 5.02 Å². The third kappa shape index (κ3) is 3.54. The molecule has 4 nitrogen and oxygen atoms in total. The summed E-state index contributed by atoms with van der Waals surface area (Å²) in [6.07, 6.45) is 1.03. The molecule has 2 aromatic carbocycles. The number of carbonyl (C=O) groups is 1. The topological polar surface area (TPSA) is 53.2 Å². The first kappa shape index (κ1) is 13.9. The standard InChI is InChI=1S/C16H16ClN3O/c17-13-2-5-14(6-3-13)19-16(21)20-15-4-1-11-7-8-18-10-12(11)9-15/h1-6,9,18H,7-8,10H2,(H2,19,20,21). The van der Waals surface area contributed by atoms with Gasteiger partial charge in [-0.1, -0.05) is 17.7 Å². The van der Waals surface area contributed by atoms with E-state index in [0.717, 1.165) is 25.2 Å². The number of amides is 2. The monoisotopic (exact) mass is 301 g/mol. The predicted molar refractivity (Wildman–Crippen MR) is 85.9 cm³/mol. The lowest BCUT2D eigenvalue weighted by atomic mass is 10.0. The van der Waals surface area contributed by atoms with Gasteiger partial charge in [0.2, 0.25) is 0 Å². The van der Waals surface area contributed by atoms with Gasteiger partial charge in [0.15, 0.2) is 0 Å². The molecule has 1 aliphatic heterocycles. The van der Waals surface area contributed by atoms with Gasteiger partial charge in [-0.05, 0) is 60.5 Å². The molecule has 0 atom stereocenters. The smallest absolute Gasteiger partial charge is 0.312 e. The highest BCUT2D eigenvalue weighted by atomic mass is 35.5. The average Bonchev–Trinajstić information content (AvgIpc) is 2.49. The van der Waals surface area contributed by atoms with E-state index in [9.17, 15) is 4.79 Å². The van der Waals surface area contributed by atoms with E-state index in [-0.39, 0.29) is 6.03 Å². The second kappa shape index (κ2) is 6.16. The lowest BCUT2D eigenvalue weighted by Crippen LogP contribution is -2.24. The molecule has 1 aliphatic rings. The van der Waals surface area contributed by atoms with Gasteiger partial charge >= 0.3 is 6.03 Å². The van der Waals surface area contributed by atoms with Gasteiger partial charge in [0.25, 0.3) is 0 Å². The first-order chi connectivity index (χ1) is 10.2. The highest BCUT2D eigenvalue weighted by Crippen LogP contribution is 2.19. The molecule has 0 bridgehead atoms. The molecule has 0 radical (unpaired) electrons. The van der Waals surface area contributed by atoms with Gasteiger partial charge in [0.05, 0.1) is 0 Å². The molecule has 0 unspecified atom stereocenters. The zero-order chi connectivity index (χ0) is 14.7. The van der Waals surface area contributed by atoms with Crippen LogP contribution in [0.1, 0.15) is 11.1 Å². The van der Waals surface area contributed by atoms with Gasteiger partial charge in [-0.3, -0.25) is 0 Å². The maximum atomic E-state index is 12.0. The van der Waals surface area contributed by atoms with Crippen LogP contribution in [0.3, 0.4) is 0 Å². The minimum atomic E-state index is -0.263. The van der Waals surface area contributed by atoms with Crippen LogP contribution in [0.5, 0.6) is 0 Å². The average molecular weight is 302 g/mol. The number of fused-ring (bicyclic) bond motifs is 1. The van der Waals surface area contributed by atoms with Crippen molar-refractivity contribution in [2.24, 2.45) is 0 Å². The number of benzene rings is 2. The number of carbonyl (C=O) groups excluding carboxylic acids is 1. The van der Waals surface area contributed by atoms with E-state index < -0.39 is 0 Å². The van der Waals surface area contributed by atoms with Crippen LogP contribution in [0, 0.1) is 0 Å². The van der Waals surface area contributed by atoms with Crippen molar-refractivity contribution in [3.8, 4) is 0 Å². The van der Waals surface area contributed by atoms with Gasteiger partial charge < -0.3 is 16.0 Å². The maximum Gasteiger partial charge on any atom is 0.323 e. The van der Waals surface area contributed by atoms with E-state index in [1.165, 1.54) is 11.1 Å². The van der Waals surface area contributed by atoms with Crippen LogP contribution in [-0.4, -0.2) is 12.6 Å². The van der Waals surface area contributed by atoms with Crippen LogP contribution in [-0.2, 0) is 13.0 Å². The fraction of sp³-hybridized carbons (Fsp3) is 0.188. The second-order valence-electron chi connectivity index (χ2n) is 5.00. The van der Waals surface area contributed by atoms with Gasteiger partial charge in [-0.15, -0.1) is 0 Å². The minimum absolute atomic E-state index is 0.263. The summed E-state index contributed by atoms with van der Waals surface area (Å²) in [6.45, 7) is 1.86. The van der Waals surface area contributed by atoms with Crippen molar-refractivity contribution in [2.45, 2.75) is 13.0 Å². The van der Waals surface area contributed by atoms with E-state index in [2.05, 4.69) is 22.0 Å². The molecule has 108 valence electrons. The summed E-state index contributed by atoms with van der Waals surface area (Å²) in [4.78, 5) is 12.0. The summed E-state index contributed by atoms with van der Waals surface area (Å²) in [5.74, 6) is 0. The van der Waals surface area contributed by atoms with Crippen LogP contribution in [0.15, 0.2) is 42.5 Å². The molecule has 0 aliphatic carbocycles. The van der Waals surface area contributed by atoms with Crippen LogP contribution in [0.25, 0.3) is 0 Å². The van der Waals surface area contributed by atoms with Crippen molar-refractivity contribution in [1.29, 1.82) is 0 Å². The molecule has 0 saturated carbocycles. The molecule has 0 spiro atoms. The summed E-state index contributed by atoms with van der Waals surface area (Å²) < 4.78 is 0. The molecule has 5 heteroatoms. The Hall–Kier alpha value is -2.04. The van der Waals surface area contributed by atoms with E-state index in [0.29, 0.717) is 10.7 Å². The van der Waals surface area contributed by atoms with Gasteiger partial charge in [-0.25, -0.2) is 4.79 Å². The Labute approximate surface area is 128 Å². The maximum absolute atomic E-state index is 12.0. The number of urea groups is 1. The predicted octanol–water partition coefficient (Wildman–Crippen LogP) is 3.63. The molecule has 0 fully saturated rings. The van der Waals surface area contributed by atoms with Crippen molar-refractivity contribution in [1.82, 2.24) is 5.32 Å². The molecular weight excluding hydrogens is 286 g/mol. The normalized spacial score (nSPS) is 13.4. The van der Waals surface area contributed by atoms with Gasteiger partial charge in [0, 0.05) is 22.9 Å². The zero-order valence-electron chi connectivity index (χ0n) is 11.4. The van der Waals surface area contributed by atoms with Crippen molar-refractivity contribution in [3.63, 3.8) is 0 Å². The van der Waals surface area contributed by atoms with Crippen LogP contribution < -0.4 is 16.0 Å². The summed E-state index contributed by atoms with van der Waals surface area (Å²) in [5, 5.41) is 9.59. The molecule has 2 aromatic rings. The molecular formula is C16H16ClN3O. The Kier molecular flexibility index (Phi) is 4.08. The Bertz CT molecular complexity index is 655. The molecule has 3 N–H and O–H groups in total. The van der Waals surface area contributed by atoms with Crippen molar-refractivity contribution < 1.29 is 4.79 Å². The summed E-state index contributed by atoms with van der Waals surface area (Å²) >= 11 is 5.81. The van der Waals surface area contributed by atoms with E-state index >= 15 is 0 Å². The summed E-state index contributed by atoms with van der Waals surface area (Å²) in [5.41, 5.74) is 4.09. The Morgan fingerprint density at radius 3 is 2.52 bits per heavy atom. The lowest BCUT2D eigenvalue weighted by Gasteiger charge is -2.18. The fourth-order valence-corrected chi connectivity index (χ4v) is 2.51. The third-order valence-corrected chi connectivity index (χ3v) is 3.70. The molecule has 0 saturated heterocycles. The minimum Gasteiger partial charge on any atom is -0.312 e. The molecule has 3 rings (SSSR count). The summed E-state index contributed by atoms with van der Waals surface area (Å²) in [7, 11) is 0.